The summed E-state index contributed by atoms with van der Waals surface area (Å²) in [5.41, 5.74) is 2.68. The van der Waals surface area contributed by atoms with Gasteiger partial charge >= 0.3 is 0 Å². The van der Waals surface area contributed by atoms with Crippen molar-refractivity contribution in [1.82, 2.24) is 0 Å². The highest BCUT2D eigenvalue weighted by Gasteiger charge is 2.17. The lowest BCUT2D eigenvalue weighted by Gasteiger charge is -2.21. The molecule has 1 aromatic rings. The number of phenols is 1. The molecule has 0 spiro atoms. The average Bonchev–Trinajstić information content (AvgIpc) is 2.16. The zero-order valence-corrected chi connectivity index (χ0v) is 10.8. The molecule has 84 valence electrons. The van der Waals surface area contributed by atoms with Crippen molar-refractivity contribution in [3.63, 3.8) is 0 Å². The van der Waals surface area contributed by atoms with E-state index < -0.39 is 0 Å². The average molecular weight is 247 g/mol. The molecule has 0 aliphatic carbocycles. The predicted molar refractivity (Wildman–Crippen MR) is 65.9 cm³/mol. The van der Waals surface area contributed by atoms with Crippen molar-refractivity contribution in [2.24, 2.45) is 0 Å². The number of hydrogen-bond donors (Lipinski definition) is 1. The third-order valence-corrected chi connectivity index (χ3v) is 3.00. The van der Waals surface area contributed by atoms with Crippen LogP contribution in [0.4, 0.5) is 0 Å². The molecule has 0 fully saturated rings. The second kappa shape index (κ2) is 4.63. The van der Waals surface area contributed by atoms with Crippen molar-refractivity contribution in [2.45, 2.75) is 37.9 Å². The van der Waals surface area contributed by atoms with Crippen molar-refractivity contribution in [1.29, 1.82) is 0 Å². The second-order valence-electron chi connectivity index (χ2n) is 4.66. The molecule has 3 heteroatoms. The first kappa shape index (κ1) is 12.7. The van der Waals surface area contributed by atoms with Crippen molar-refractivity contribution < 1.29 is 5.11 Å². The number of alkyl halides is 2. The highest BCUT2D eigenvalue weighted by atomic mass is 35.5. The van der Waals surface area contributed by atoms with E-state index in [1.165, 1.54) is 0 Å². The normalized spacial score (nSPS) is 11.8. The summed E-state index contributed by atoms with van der Waals surface area (Å²) in [5, 5.41) is 9.81. The molecule has 0 heterocycles. The molecule has 0 unspecified atom stereocenters. The quantitative estimate of drug-likeness (QED) is 0.777. The van der Waals surface area contributed by atoms with Crippen LogP contribution in [0.3, 0.4) is 0 Å². The summed E-state index contributed by atoms with van der Waals surface area (Å²) in [5.74, 6) is 0.840. The van der Waals surface area contributed by atoms with Crippen LogP contribution in [-0.2, 0) is 17.2 Å². The lowest BCUT2D eigenvalue weighted by atomic mass is 9.85. The van der Waals surface area contributed by atoms with E-state index >= 15 is 0 Å². The van der Waals surface area contributed by atoms with E-state index in [4.69, 9.17) is 23.2 Å². The molecule has 1 N–H and O–H groups in total. The van der Waals surface area contributed by atoms with E-state index in [-0.39, 0.29) is 11.2 Å². The minimum Gasteiger partial charge on any atom is -0.507 e. The van der Waals surface area contributed by atoms with Crippen LogP contribution in [0.1, 0.15) is 37.5 Å². The molecule has 0 saturated heterocycles. The van der Waals surface area contributed by atoms with Gasteiger partial charge in [0.15, 0.2) is 0 Å². The van der Waals surface area contributed by atoms with Gasteiger partial charge in [-0.05, 0) is 11.0 Å². The molecule has 0 amide bonds. The fraction of sp³-hybridized carbons (Fsp3) is 0.500. The molecule has 0 aromatic heterocycles. The number of phenolic OH excluding ortho intramolecular Hbond substituents is 1. The number of rotatable bonds is 2. The maximum absolute atomic E-state index is 9.81. The Morgan fingerprint density at radius 3 is 1.73 bits per heavy atom. The fourth-order valence-corrected chi connectivity index (χ4v) is 1.80. The molecule has 1 nitrogen and oxygen atoms in total. The first-order valence-electron chi connectivity index (χ1n) is 4.87. The van der Waals surface area contributed by atoms with E-state index in [9.17, 15) is 5.11 Å². The van der Waals surface area contributed by atoms with Crippen LogP contribution < -0.4 is 0 Å². The summed E-state index contributed by atoms with van der Waals surface area (Å²) >= 11 is 11.6. The zero-order chi connectivity index (χ0) is 11.6. The van der Waals surface area contributed by atoms with E-state index in [0.717, 1.165) is 16.7 Å². The van der Waals surface area contributed by atoms with Crippen molar-refractivity contribution in [2.75, 3.05) is 0 Å². The highest BCUT2D eigenvalue weighted by molar-refractivity contribution is 6.18. The third kappa shape index (κ3) is 2.79. The smallest absolute Gasteiger partial charge is 0.124 e. The minimum atomic E-state index is 0.0370. The van der Waals surface area contributed by atoms with Crippen LogP contribution in [-0.4, -0.2) is 5.11 Å². The van der Waals surface area contributed by atoms with Gasteiger partial charge in [-0.15, -0.1) is 23.2 Å². The van der Waals surface area contributed by atoms with Crippen LogP contribution in [0, 0.1) is 0 Å². The summed E-state index contributed by atoms with van der Waals surface area (Å²) in [6.45, 7) is 6.36. The second-order valence-corrected chi connectivity index (χ2v) is 5.19. The van der Waals surface area contributed by atoms with Gasteiger partial charge in [-0.1, -0.05) is 32.9 Å². The first-order chi connectivity index (χ1) is 6.90. The Morgan fingerprint density at radius 2 is 1.47 bits per heavy atom. The summed E-state index contributed by atoms with van der Waals surface area (Å²) < 4.78 is 0. The molecule has 0 aliphatic rings. The van der Waals surface area contributed by atoms with Gasteiger partial charge in [0, 0.05) is 11.1 Å². The van der Waals surface area contributed by atoms with E-state index in [2.05, 4.69) is 20.8 Å². The largest absolute Gasteiger partial charge is 0.507 e. The first-order valence-corrected chi connectivity index (χ1v) is 5.94. The zero-order valence-electron chi connectivity index (χ0n) is 9.27. The van der Waals surface area contributed by atoms with Gasteiger partial charge in [0.2, 0.25) is 0 Å². The summed E-state index contributed by atoms with van der Waals surface area (Å²) in [7, 11) is 0. The summed E-state index contributed by atoms with van der Waals surface area (Å²) in [6.07, 6.45) is 0. The summed E-state index contributed by atoms with van der Waals surface area (Å²) in [6, 6.07) is 3.89. The molecule has 0 atom stereocenters. The van der Waals surface area contributed by atoms with Crippen molar-refractivity contribution in [3.8, 4) is 5.75 Å². The number of halogens is 2. The van der Waals surface area contributed by atoms with E-state index in [1.54, 1.807) is 0 Å². The van der Waals surface area contributed by atoms with Crippen LogP contribution in [0.25, 0.3) is 0 Å². The Hall–Kier alpha value is -0.400. The standard InChI is InChI=1S/C12H16Cl2O/c1-12(2,3)10-4-8(6-13)11(15)9(5-10)7-14/h4-5,15H,6-7H2,1-3H3. The maximum Gasteiger partial charge on any atom is 0.124 e. The van der Waals surface area contributed by atoms with Crippen LogP contribution >= 0.6 is 23.2 Å². The predicted octanol–water partition coefficient (Wildman–Crippen LogP) is 4.17. The molecular weight excluding hydrogens is 231 g/mol. The lowest BCUT2D eigenvalue weighted by Crippen LogP contribution is -2.12. The van der Waals surface area contributed by atoms with Gasteiger partial charge < -0.3 is 5.11 Å². The fourth-order valence-electron chi connectivity index (χ4n) is 1.40. The molecular formula is C12H16Cl2O. The van der Waals surface area contributed by atoms with Crippen molar-refractivity contribution in [3.05, 3.63) is 28.8 Å². The van der Waals surface area contributed by atoms with Gasteiger partial charge in [0.25, 0.3) is 0 Å². The number of aromatic hydroxyl groups is 1. The molecule has 15 heavy (non-hydrogen) atoms. The van der Waals surface area contributed by atoms with Crippen molar-refractivity contribution >= 4 is 23.2 Å². The van der Waals surface area contributed by atoms with Gasteiger partial charge in [-0.25, -0.2) is 0 Å². The molecule has 0 aliphatic heterocycles. The van der Waals surface area contributed by atoms with Gasteiger partial charge in [-0.2, -0.15) is 0 Å². The monoisotopic (exact) mass is 246 g/mol. The van der Waals surface area contributed by atoms with Crippen LogP contribution in [0.5, 0.6) is 5.75 Å². The topological polar surface area (TPSA) is 20.2 Å². The third-order valence-electron chi connectivity index (χ3n) is 2.42. The SMILES string of the molecule is CC(C)(C)c1cc(CCl)c(O)c(CCl)c1. The Balaban J connectivity index is 3.33. The molecule has 0 radical (unpaired) electrons. The van der Waals surface area contributed by atoms with Crippen LogP contribution in [0.15, 0.2) is 12.1 Å². The maximum atomic E-state index is 9.81. The Labute approximate surface area is 101 Å². The van der Waals surface area contributed by atoms with E-state index in [0.29, 0.717) is 11.8 Å². The van der Waals surface area contributed by atoms with E-state index in [1.807, 2.05) is 12.1 Å². The lowest BCUT2D eigenvalue weighted by molar-refractivity contribution is 0.464. The molecule has 0 saturated carbocycles. The van der Waals surface area contributed by atoms with Gasteiger partial charge in [0.1, 0.15) is 5.75 Å². The highest BCUT2D eigenvalue weighted by Crippen LogP contribution is 2.32. The number of hydrogen-bond acceptors (Lipinski definition) is 1. The Morgan fingerprint density at radius 1 is 1.07 bits per heavy atom. The summed E-state index contributed by atoms with van der Waals surface area (Å²) in [4.78, 5) is 0. The van der Waals surface area contributed by atoms with Gasteiger partial charge in [-0.3, -0.25) is 0 Å². The van der Waals surface area contributed by atoms with Crippen LogP contribution in [0.2, 0.25) is 0 Å². The Kier molecular flexibility index (Phi) is 3.91. The number of benzene rings is 1. The minimum absolute atomic E-state index is 0.0370. The molecule has 1 aromatic carbocycles. The molecule has 0 bridgehead atoms. The molecule has 1 rings (SSSR count). The Bertz CT molecular complexity index is 328. The van der Waals surface area contributed by atoms with Gasteiger partial charge in [0.05, 0.1) is 11.8 Å².